The van der Waals surface area contributed by atoms with Crippen molar-refractivity contribution < 1.29 is 13.2 Å². The van der Waals surface area contributed by atoms with Gasteiger partial charge < -0.3 is 5.32 Å². The van der Waals surface area contributed by atoms with E-state index in [0.717, 1.165) is 23.3 Å². The Bertz CT molecular complexity index is 996. The Hall–Kier alpha value is -2.18. The summed E-state index contributed by atoms with van der Waals surface area (Å²) in [6, 6.07) is 10.4. The highest BCUT2D eigenvalue weighted by molar-refractivity contribution is 6.32. The van der Waals surface area contributed by atoms with Crippen LogP contribution in [0.1, 0.15) is 11.1 Å². The SMILES string of the molecule is FC(F)(F)c1ccc(Cl)c(-n2nc(-c3cccc(Cl)c3)c3c2NCC3)c1. The molecule has 3 nitrogen and oxygen atoms in total. The first-order valence-electron chi connectivity index (χ1n) is 7.83. The van der Waals surface area contributed by atoms with Crippen molar-refractivity contribution in [3.63, 3.8) is 0 Å². The maximum absolute atomic E-state index is 13.1. The van der Waals surface area contributed by atoms with Crippen LogP contribution in [0.25, 0.3) is 16.9 Å². The summed E-state index contributed by atoms with van der Waals surface area (Å²) in [5, 5.41) is 8.48. The summed E-state index contributed by atoms with van der Waals surface area (Å²) in [5.74, 6) is 0.654. The van der Waals surface area contributed by atoms with Gasteiger partial charge in [-0.1, -0.05) is 35.3 Å². The standard InChI is InChI=1S/C18H12Cl2F3N3/c19-12-3-1-2-10(8-12)16-13-6-7-24-17(13)26(25-16)15-9-11(18(21,22)23)4-5-14(15)20/h1-5,8-9,24H,6-7H2. The van der Waals surface area contributed by atoms with Crippen LogP contribution >= 0.6 is 23.2 Å². The van der Waals surface area contributed by atoms with Crippen molar-refractivity contribution in [3.8, 4) is 16.9 Å². The van der Waals surface area contributed by atoms with Gasteiger partial charge in [-0.15, -0.1) is 0 Å². The number of aromatic nitrogens is 2. The molecule has 0 radical (unpaired) electrons. The fourth-order valence-electron chi connectivity index (χ4n) is 3.07. The van der Waals surface area contributed by atoms with Gasteiger partial charge >= 0.3 is 6.18 Å². The van der Waals surface area contributed by atoms with Crippen molar-refractivity contribution in [1.29, 1.82) is 0 Å². The monoisotopic (exact) mass is 397 g/mol. The van der Waals surface area contributed by atoms with E-state index in [9.17, 15) is 13.2 Å². The van der Waals surface area contributed by atoms with Gasteiger partial charge in [0.05, 0.1) is 22.0 Å². The van der Waals surface area contributed by atoms with Gasteiger partial charge in [-0.3, -0.25) is 0 Å². The van der Waals surface area contributed by atoms with Gasteiger partial charge in [-0.05, 0) is 36.8 Å². The molecule has 0 saturated carbocycles. The molecule has 134 valence electrons. The topological polar surface area (TPSA) is 29.9 Å². The summed E-state index contributed by atoms with van der Waals surface area (Å²) in [6.07, 6.45) is -3.74. The third-order valence-corrected chi connectivity index (χ3v) is 4.81. The van der Waals surface area contributed by atoms with Crippen LogP contribution in [0.2, 0.25) is 10.0 Å². The average molecular weight is 398 g/mol. The molecule has 4 rings (SSSR count). The van der Waals surface area contributed by atoms with E-state index >= 15 is 0 Å². The van der Waals surface area contributed by atoms with E-state index < -0.39 is 11.7 Å². The third kappa shape index (κ3) is 2.93. The number of nitrogens with zero attached hydrogens (tertiary/aromatic N) is 2. The second-order valence-electron chi connectivity index (χ2n) is 5.94. The lowest BCUT2D eigenvalue weighted by molar-refractivity contribution is -0.137. The lowest BCUT2D eigenvalue weighted by Gasteiger charge is -2.12. The molecule has 0 unspecified atom stereocenters. The predicted molar refractivity (Wildman–Crippen MR) is 96.2 cm³/mol. The molecule has 0 aliphatic carbocycles. The number of hydrogen-bond donors (Lipinski definition) is 1. The molecule has 0 atom stereocenters. The molecule has 1 aliphatic heterocycles. The van der Waals surface area contributed by atoms with Crippen LogP contribution in [0.15, 0.2) is 42.5 Å². The molecule has 0 spiro atoms. The molecule has 0 amide bonds. The Morgan fingerprint density at radius 3 is 2.62 bits per heavy atom. The molecule has 0 saturated heterocycles. The summed E-state index contributed by atoms with van der Waals surface area (Å²) in [7, 11) is 0. The van der Waals surface area contributed by atoms with E-state index in [1.807, 2.05) is 12.1 Å². The lowest BCUT2D eigenvalue weighted by atomic mass is 10.1. The highest BCUT2D eigenvalue weighted by Gasteiger charge is 2.32. The summed E-state index contributed by atoms with van der Waals surface area (Å²) in [6.45, 7) is 0.678. The summed E-state index contributed by atoms with van der Waals surface area (Å²) >= 11 is 12.3. The number of hydrogen-bond acceptors (Lipinski definition) is 2. The van der Waals surface area contributed by atoms with Crippen molar-refractivity contribution >= 4 is 29.0 Å². The highest BCUT2D eigenvalue weighted by atomic mass is 35.5. The Labute approximate surface area is 157 Å². The zero-order valence-electron chi connectivity index (χ0n) is 13.2. The fourth-order valence-corrected chi connectivity index (χ4v) is 3.46. The molecule has 3 aromatic rings. The molecule has 2 aromatic carbocycles. The van der Waals surface area contributed by atoms with E-state index in [0.29, 0.717) is 29.5 Å². The van der Waals surface area contributed by atoms with Crippen molar-refractivity contribution in [2.75, 3.05) is 11.9 Å². The molecule has 1 aliphatic rings. The minimum Gasteiger partial charge on any atom is -0.369 e. The summed E-state index contributed by atoms with van der Waals surface area (Å²) < 4.78 is 40.7. The van der Waals surface area contributed by atoms with Crippen LogP contribution in [0, 0.1) is 0 Å². The van der Waals surface area contributed by atoms with Crippen LogP contribution in [0.3, 0.4) is 0 Å². The zero-order chi connectivity index (χ0) is 18.5. The van der Waals surface area contributed by atoms with E-state index in [-0.39, 0.29) is 10.7 Å². The molecule has 0 fully saturated rings. The third-order valence-electron chi connectivity index (χ3n) is 4.25. The molecular weight excluding hydrogens is 386 g/mol. The number of rotatable bonds is 2. The van der Waals surface area contributed by atoms with Crippen LogP contribution in [0.4, 0.5) is 19.0 Å². The van der Waals surface area contributed by atoms with Gasteiger partial charge in [-0.2, -0.15) is 18.3 Å². The maximum atomic E-state index is 13.1. The predicted octanol–water partition coefficient (Wildman–Crippen LogP) is 5.83. The summed E-state index contributed by atoms with van der Waals surface area (Å²) in [5.41, 5.74) is 1.82. The largest absolute Gasteiger partial charge is 0.416 e. The lowest BCUT2D eigenvalue weighted by Crippen LogP contribution is -2.09. The smallest absolute Gasteiger partial charge is 0.369 e. The molecule has 0 bridgehead atoms. The van der Waals surface area contributed by atoms with Crippen LogP contribution in [0.5, 0.6) is 0 Å². The van der Waals surface area contributed by atoms with E-state index in [4.69, 9.17) is 23.2 Å². The van der Waals surface area contributed by atoms with Gasteiger partial charge in [-0.25, -0.2) is 4.68 Å². The number of alkyl halides is 3. The highest BCUT2D eigenvalue weighted by Crippen LogP contribution is 2.38. The number of anilines is 1. The number of halogens is 5. The molecular formula is C18H12Cl2F3N3. The molecule has 2 heterocycles. The Morgan fingerprint density at radius 1 is 1.08 bits per heavy atom. The van der Waals surface area contributed by atoms with E-state index in [1.54, 1.807) is 12.1 Å². The van der Waals surface area contributed by atoms with Crippen molar-refractivity contribution in [2.45, 2.75) is 12.6 Å². The average Bonchev–Trinajstić information content (AvgIpc) is 3.16. The quantitative estimate of drug-likeness (QED) is 0.589. The van der Waals surface area contributed by atoms with Gasteiger partial charge in [0.25, 0.3) is 0 Å². The first-order valence-corrected chi connectivity index (χ1v) is 8.59. The van der Waals surface area contributed by atoms with Gasteiger partial charge in [0.1, 0.15) is 5.82 Å². The Kier molecular flexibility index (Phi) is 4.12. The van der Waals surface area contributed by atoms with Gasteiger partial charge in [0.2, 0.25) is 0 Å². The summed E-state index contributed by atoms with van der Waals surface area (Å²) in [4.78, 5) is 0. The van der Waals surface area contributed by atoms with Crippen molar-refractivity contribution in [2.24, 2.45) is 0 Å². The van der Waals surface area contributed by atoms with E-state index in [1.165, 1.54) is 10.7 Å². The first kappa shape index (κ1) is 17.2. The second kappa shape index (κ2) is 6.21. The minimum atomic E-state index is -4.46. The molecule has 1 N–H and O–H groups in total. The fraction of sp³-hybridized carbons (Fsp3) is 0.167. The van der Waals surface area contributed by atoms with Crippen molar-refractivity contribution in [1.82, 2.24) is 9.78 Å². The maximum Gasteiger partial charge on any atom is 0.416 e. The van der Waals surface area contributed by atoms with E-state index in [2.05, 4.69) is 10.4 Å². The minimum absolute atomic E-state index is 0.181. The van der Waals surface area contributed by atoms with Gasteiger partial charge in [0, 0.05) is 22.7 Å². The van der Waals surface area contributed by atoms with Crippen LogP contribution in [-0.2, 0) is 12.6 Å². The van der Waals surface area contributed by atoms with Crippen molar-refractivity contribution in [3.05, 3.63) is 63.6 Å². The molecule has 26 heavy (non-hydrogen) atoms. The number of fused-ring (bicyclic) bond motifs is 1. The number of nitrogens with one attached hydrogen (secondary N) is 1. The normalized spacial score (nSPS) is 13.6. The second-order valence-corrected chi connectivity index (χ2v) is 6.78. The molecule has 1 aromatic heterocycles. The van der Waals surface area contributed by atoms with Crippen LogP contribution in [-0.4, -0.2) is 16.3 Å². The van der Waals surface area contributed by atoms with Gasteiger partial charge in [0.15, 0.2) is 0 Å². The Morgan fingerprint density at radius 2 is 1.88 bits per heavy atom. The number of benzene rings is 2. The zero-order valence-corrected chi connectivity index (χ0v) is 14.8. The Balaban J connectivity index is 1.91. The van der Waals surface area contributed by atoms with Crippen LogP contribution < -0.4 is 5.32 Å². The molecule has 8 heteroatoms. The first-order chi connectivity index (χ1) is 12.3.